The maximum absolute atomic E-state index is 5.37. The topological polar surface area (TPSA) is 60.2 Å². The molecule has 1 N–H and O–H groups in total. The van der Waals surface area contributed by atoms with Gasteiger partial charge < -0.3 is 14.6 Å². The van der Waals surface area contributed by atoms with Crippen LogP contribution in [0.25, 0.3) is 0 Å². The molecule has 1 fully saturated rings. The van der Waals surface area contributed by atoms with Crippen molar-refractivity contribution in [1.29, 1.82) is 0 Å². The van der Waals surface area contributed by atoms with E-state index in [1.165, 1.54) is 0 Å². The van der Waals surface area contributed by atoms with Gasteiger partial charge in [0.1, 0.15) is 6.61 Å². The van der Waals surface area contributed by atoms with Crippen LogP contribution in [0.15, 0.2) is 4.52 Å². The molecule has 5 heteroatoms. The Kier molecular flexibility index (Phi) is 3.56. The van der Waals surface area contributed by atoms with E-state index in [0.717, 1.165) is 32.4 Å². The summed E-state index contributed by atoms with van der Waals surface area (Å²) in [6, 6.07) is 0. The smallest absolute Gasteiger partial charge is 0.246 e. The van der Waals surface area contributed by atoms with Crippen molar-refractivity contribution in [3.05, 3.63) is 11.7 Å². The Bertz CT molecular complexity index is 332. The second-order valence-corrected chi connectivity index (χ2v) is 4.43. The van der Waals surface area contributed by atoms with Crippen molar-refractivity contribution >= 4 is 0 Å². The zero-order valence-corrected chi connectivity index (χ0v) is 9.95. The van der Waals surface area contributed by atoms with Crippen LogP contribution in [-0.2, 0) is 16.9 Å². The number of ether oxygens (including phenoxy) is 1. The number of nitrogens with zero attached hydrogens (tertiary/aromatic N) is 2. The van der Waals surface area contributed by atoms with Crippen molar-refractivity contribution in [3.8, 4) is 0 Å². The van der Waals surface area contributed by atoms with Crippen molar-refractivity contribution in [2.24, 2.45) is 0 Å². The molecule has 90 valence electrons. The van der Waals surface area contributed by atoms with Crippen molar-refractivity contribution in [2.75, 3.05) is 13.2 Å². The Balaban J connectivity index is 1.96. The molecule has 1 saturated heterocycles. The summed E-state index contributed by atoms with van der Waals surface area (Å²) in [7, 11) is 0. The molecule has 0 radical (unpaired) electrons. The number of hydrogen-bond acceptors (Lipinski definition) is 5. The van der Waals surface area contributed by atoms with Crippen LogP contribution in [0.4, 0.5) is 0 Å². The first kappa shape index (κ1) is 11.5. The fourth-order valence-corrected chi connectivity index (χ4v) is 1.92. The lowest BCUT2D eigenvalue weighted by molar-refractivity contribution is 0.114. The van der Waals surface area contributed by atoms with Crippen LogP contribution in [0.2, 0.25) is 0 Å². The van der Waals surface area contributed by atoms with Crippen LogP contribution < -0.4 is 5.32 Å². The highest BCUT2D eigenvalue weighted by atomic mass is 16.5. The average Bonchev–Trinajstić information content (AvgIpc) is 2.88. The quantitative estimate of drug-likeness (QED) is 0.771. The molecule has 1 aliphatic heterocycles. The normalized spacial score (nSPS) is 25.1. The predicted molar refractivity (Wildman–Crippen MR) is 58.8 cm³/mol. The van der Waals surface area contributed by atoms with E-state index in [4.69, 9.17) is 9.26 Å². The Morgan fingerprint density at radius 1 is 1.56 bits per heavy atom. The third-order valence-corrected chi connectivity index (χ3v) is 2.89. The lowest BCUT2D eigenvalue weighted by Crippen LogP contribution is -2.33. The number of rotatable bonds is 5. The molecule has 16 heavy (non-hydrogen) atoms. The van der Waals surface area contributed by atoms with Crippen molar-refractivity contribution in [2.45, 2.75) is 45.3 Å². The van der Waals surface area contributed by atoms with Crippen LogP contribution in [-0.4, -0.2) is 23.3 Å². The Hall–Kier alpha value is -0.940. The van der Waals surface area contributed by atoms with Gasteiger partial charge in [-0.1, -0.05) is 12.1 Å². The molecule has 1 aliphatic rings. The van der Waals surface area contributed by atoms with Gasteiger partial charge in [-0.05, 0) is 32.7 Å². The second-order valence-electron chi connectivity index (χ2n) is 4.43. The average molecular weight is 225 g/mol. The summed E-state index contributed by atoms with van der Waals surface area (Å²) in [5.74, 6) is 1.32. The Morgan fingerprint density at radius 2 is 2.44 bits per heavy atom. The van der Waals surface area contributed by atoms with Crippen molar-refractivity contribution in [3.63, 3.8) is 0 Å². The van der Waals surface area contributed by atoms with Crippen LogP contribution in [0, 0.1) is 0 Å². The van der Waals surface area contributed by atoms with E-state index >= 15 is 0 Å². The van der Waals surface area contributed by atoms with Gasteiger partial charge in [0.25, 0.3) is 0 Å². The van der Waals surface area contributed by atoms with Crippen LogP contribution >= 0.6 is 0 Å². The Labute approximate surface area is 95.6 Å². The summed E-state index contributed by atoms with van der Waals surface area (Å²) in [4.78, 5) is 4.37. The summed E-state index contributed by atoms with van der Waals surface area (Å²) < 4.78 is 10.7. The van der Waals surface area contributed by atoms with Gasteiger partial charge in [0, 0.05) is 6.61 Å². The minimum atomic E-state index is -0.143. The van der Waals surface area contributed by atoms with Crippen molar-refractivity contribution < 1.29 is 9.26 Å². The first-order valence-corrected chi connectivity index (χ1v) is 5.90. The third kappa shape index (κ3) is 2.41. The molecule has 5 nitrogen and oxygen atoms in total. The highest BCUT2D eigenvalue weighted by Gasteiger charge is 2.35. The van der Waals surface area contributed by atoms with E-state index in [9.17, 15) is 0 Å². The monoisotopic (exact) mass is 225 g/mol. The van der Waals surface area contributed by atoms with Crippen LogP contribution in [0.3, 0.4) is 0 Å². The SMILES string of the molecule is CCCOCc1noc(C2(C)CCCN2)n1. The van der Waals surface area contributed by atoms with Gasteiger partial charge in [-0.2, -0.15) is 4.98 Å². The third-order valence-electron chi connectivity index (χ3n) is 2.89. The molecule has 0 aliphatic carbocycles. The standard InChI is InChI=1S/C11H19N3O2/c1-3-7-15-8-9-13-10(16-14-9)11(2)5-4-6-12-11/h12H,3-8H2,1-2H3. The molecule has 0 amide bonds. The first-order chi connectivity index (χ1) is 7.74. The summed E-state index contributed by atoms with van der Waals surface area (Å²) >= 11 is 0. The zero-order valence-electron chi connectivity index (χ0n) is 9.95. The fraction of sp³-hybridized carbons (Fsp3) is 0.818. The highest BCUT2D eigenvalue weighted by Crippen LogP contribution is 2.28. The van der Waals surface area contributed by atoms with Gasteiger partial charge in [-0.25, -0.2) is 0 Å². The van der Waals surface area contributed by atoms with E-state index in [2.05, 4.69) is 29.3 Å². The largest absolute Gasteiger partial charge is 0.373 e. The fourth-order valence-electron chi connectivity index (χ4n) is 1.92. The molecular weight excluding hydrogens is 206 g/mol. The van der Waals surface area contributed by atoms with Gasteiger partial charge >= 0.3 is 0 Å². The summed E-state index contributed by atoms with van der Waals surface area (Å²) in [6.45, 7) is 6.36. The number of aromatic nitrogens is 2. The van der Waals surface area contributed by atoms with E-state index in [1.54, 1.807) is 0 Å². The summed E-state index contributed by atoms with van der Waals surface area (Å²) in [5, 5.41) is 7.32. The minimum Gasteiger partial charge on any atom is -0.373 e. The summed E-state index contributed by atoms with van der Waals surface area (Å²) in [6.07, 6.45) is 3.20. The first-order valence-electron chi connectivity index (χ1n) is 5.90. The van der Waals surface area contributed by atoms with Gasteiger partial charge in [0.05, 0.1) is 5.54 Å². The van der Waals surface area contributed by atoms with E-state index < -0.39 is 0 Å². The van der Waals surface area contributed by atoms with E-state index in [0.29, 0.717) is 18.3 Å². The zero-order chi connectivity index (χ0) is 11.4. The highest BCUT2D eigenvalue weighted by molar-refractivity contribution is 5.03. The van der Waals surface area contributed by atoms with Gasteiger partial charge in [-0.3, -0.25) is 0 Å². The lowest BCUT2D eigenvalue weighted by atomic mass is 10.0. The molecule has 1 atom stereocenters. The Morgan fingerprint density at radius 3 is 3.12 bits per heavy atom. The molecule has 2 rings (SSSR count). The maximum Gasteiger partial charge on any atom is 0.246 e. The molecule has 0 spiro atoms. The van der Waals surface area contributed by atoms with Gasteiger partial charge in [0.2, 0.25) is 5.89 Å². The maximum atomic E-state index is 5.37. The van der Waals surface area contributed by atoms with Crippen LogP contribution in [0.5, 0.6) is 0 Å². The predicted octanol–water partition coefficient (Wildman–Crippen LogP) is 1.59. The molecule has 2 heterocycles. The molecule has 0 saturated carbocycles. The molecule has 1 unspecified atom stereocenters. The van der Waals surface area contributed by atoms with Crippen molar-refractivity contribution in [1.82, 2.24) is 15.5 Å². The molecule has 1 aromatic rings. The summed E-state index contributed by atoms with van der Waals surface area (Å²) in [5.41, 5.74) is -0.143. The minimum absolute atomic E-state index is 0.143. The number of nitrogens with one attached hydrogen (secondary N) is 1. The molecule has 1 aromatic heterocycles. The van der Waals surface area contributed by atoms with Crippen LogP contribution in [0.1, 0.15) is 44.8 Å². The lowest BCUT2D eigenvalue weighted by Gasteiger charge is -2.18. The second kappa shape index (κ2) is 4.93. The van der Waals surface area contributed by atoms with Gasteiger partial charge in [-0.15, -0.1) is 0 Å². The molecular formula is C11H19N3O2. The van der Waals surface area contributed by atoms with Gasteiger partial charge in [0.15, 0.2) is 5.82 Å². The molecule has 0 aromatic carbocycles. The van der Waals surface area contributed by atoms with E-state index in [1.807, 2.05) is 0 Å². The van der Waals surface area contributed by atoms with E-state index in [-0.39, 0.29) is 5.54 Å². The molecule has 0 bridgehead atoms. The number of hydrogen-bond donors (Lipinski definition) is 1.